The molecule has 9 heteroatoms. The minimum absolute atomic E-state index is 0.100. The second-order valence-corrected chi connectivity index (χ2v) is 8.77. The molecule has 1 saturated heterocycles. The fourth-order valence-electron chi connectivity index (χ4n) is 2.72. The molecule has 25 heavy (non-hydrogen) atoms. The van der Waals surface area contributed by atoms with E-state index in [1.807, 2.05) is 28.2 Å². The van der Waals surface area contributed by atoms with Crippen LogP contribution in [0.4, 0.5) is 5.69 Å². The minimum atomic E-state index is -3.49. The van der Waals surface area contributed by atoms with Gasteiger partial charge in [-0.1, -0.05) is 18.2 Å². The number of amides is 1. The first-order chi connectivity index (χ1) is 12.0. The second-order valence-electron chi connectivity index (χ2n) is 5.94. The van der Waals surface area contributed by atoms with Crippen LogP contribution in [0.3, 0.4) is 0 Å². The lowest BCUT2D eigenvalue weighted by Gasteiger charge is -2.38. The summed E-state index contributed by atoms with van der Waals surface area (Å²) in [4.78, 5) is 19.1. The molecule has 1 amide bonds. The van der Waals surface area contributed by atoms with Crippen molar-refractivity contribution in [3.05, 3.63) is 53.8 Å². The van der Waals surface area contributed by atoms with Crippen molar-refractivity contribution in [3.8, 4) is 0 Å². The van der Waals surface area contributed by atoms with E-state index in [1.54, 1.807) is 29.2 Å². The van der Waals surface area contributed by atoms with Crippen molar-refractivity contribution in [3.63, 3.8) is 0 Å². The molecule has 1 fully saturated rings. The number of aromatic nitrogens is 2. The fourth-order valence-corrected chi connectivity index (χ4v) is 4.82. The predicted octanol–water partition coefficient (Wildman–Crippen LogP) is 1.59. The van der Waals surface area contributed by atoms with Crippen molar-refractivity contribution in [2.75, 3.05) is 17.8 Å². The van der Waals surface area contributed by atoms with Gasteiger partial charge in [-0.2, -0.15) is 0 Å². The molecule has 1 aliphatic heterocycles. The maximum absolute atomic E-state index is 12.3. The third kappa shape index (κ3) is 3.24. The lowest BCUT2D eigenvalue weighted by Crippen LogP contribution is -2.58. The van der Waals surface area contributed by atoms with Crippen molar-refractivity contribution < 1.29 is 13.2 Å². The quantitative estimate of drug-likeness (QED) is 0.733. The van der Waals surface area contributed by atoms with Gasteiger partial charge in [0, 0.05) is 36.6 Å². The molecular weight excluding hydrogens is 360 g/mol. The number of fused-ring (bicyclic) bond motifs is 1. The Labute approximate surface area is 149 Å². The number of thiazole rings is 1. The van der Waals surface area contributed by atoms with Gasteiger partial charge in [-0.05, 0) is 12.1 Å². The number of nitrogens with one attached hydrogen (secondary N) is 1. The molecule has 0 atom stereocenters. The van der Waals surface area contributed by atoms with Gasteiger partial charge in [-0.25, -0.2) is 13.4 Å². The number of nitrogens with zero attached hydrogens (tertiary/aromatic N) is 3. The second kappa shape index (κ2) is 6.16. The molecule has 0 spiro atoms. The molecule has 1 N–H and O–H groups in total. The summed E-state index contributed by atoms with van der Waals surface area (Å²) >= 11 is 1.51. The average Bonchev–Trinajstić information content (AvgIpc) is 3.06. The minimum Gasteiger partial charge on any atom is -0.339 e. The molecule has 0 unspecified atom stereocenters. The molecule has 130 valence electrons. The van der Waals surface area contributed by atoms with Crippen molar-refractivity contribution in [1.29, 1.82) is 0 Å². The Kier molecular flexibility index (Phi) is 3.97. The number of imidazole rings is 1. The third-order valence-electron chi connectivity index (χ3n) is 4.15. The number of rotatable bonds is 5. The van der Waals surface area contributed by atoms with Crippen LogP contribution < -0.4 is 4.72 Å². The number of carbonyl (C=O) groups excluding carboxylic acids is 1. The maximum Gasteiger partial charge on any atom is 0.239 e. The van der Waals surface area contributed by atoms with Crippen molar-refractivity contribution in [2.45, 2.75) is 11.7 Å². The SMILES string of the molecule is O=C(Cc1cn2ccsc2n1)N1CC(S(=O)(=O)Nc2ccccc2)C1. The van der Waals surface area contributed by atoms with Gasteiger partial charge in [0.25, 0.3) is 0 Å². The predicted molar refractivity (Wildman–Crippen MR) is 96.1 cm³/mol. The van der Waals surface area contributed by atoms with Crippen LogP contribution in [0.2, 0.25) is 0 Å². The van der Waals surface area contributed by atoms with Crippen LogP contribution in [0, 0.1) is 0 Å². The van der Waals surface area contributed by atoms with Gasteiger partial charge in [0.15, 0.2) is 4.96 Å². The van der Waals surface area contributed by atoms with E-state index in [1.165, 1.54) is 11.3 Å². The Balaban J connectivity index is 1.34. The zero-order valence-corrected chi connectivity index (χ0v) is 14.8. The first kappa shape index (κ1) is 16.1. The largest absolute Gasteiger partial charge is 0.339 e. The summed E-state index contributed by atoms with van der Waals surface area (Å²) in [6, 6.07) is 8.75. The smallest absolute Gasteiger partial charge is 0.239 e. The number of likely N-dealkylation sites (tertiary alicyclic amines) is 1. The lowest BCUT2D eigenvalue weighted by molar-refractivity contribution is -0.133. The summed E-state index contributed by atoms with van der Waals surface area (Å²) in [7, 11) is -3.49. The number of carbonyl (C=O) groups is 1. The summed E-state index contributed by atoms with van der Waals surface area (Å²) in [6.07, 6.45) is 3.91. The summed E-state index contributed by atoms with van der Waals surface area (Å²) < 4.78 is 29.1. The molecule has 3 heterocycles. The summed E-state index contributed by atoms with van der Waals surface area (Å²) in [5, 5.41) is 1.35. The van der Waals surface area contributed by atoms with Crippen molar-refractivity contribution >= 4 is 37.9 Å². The molecule has 0 aliphatic carbocycles. The van der Waals surface area contributed by atoms with Gasteiger partial charge in [-0.15, -0.1) is 11.3 Å². The van der Waals surface area contributed by atoms with Gasteiger partial charge in [0.1, 0.15) is 5.25 Å². The Morgan fingerprint density at radius 3 is 2.76 bits per heavy atom. The average molecular weight is 376 g/mol. The van der Waals surface area contributed by atoms with Crippen LogP contribution >= 0.6 is 11.3 Å². The molecule has 1 aliphatic rings. The first-order valence-corrected chi connectivity index (χ1v) is 10.2. The van der Waals surface area contributed by atoms with E-state index in [0.29, 0.717) is 11.4 Å². The van der Waals surface area contributed by atoms with Crippen LogP contribution in [-0.4, -0.2) is 46.9 Å². The van der Waals surface area contributed by atoms with E-state index >= 15 is 0 Å². The van der Waals surface area contributed by atoms with Crippen molar-refractivity contribution in [2.24, 2.45) is 0 Å². The first-order valence-electron chi connectivity index (χ1n) is 7.77. The normalized spacial score (nSPS) is 15.3. The number of benzene rings is 1. The molecule has 0 saturated carbocycles. The Hall–Kier alpha value is -2.39. The van der Waals surface area contributed by atoms with E-state index in [0.717, 1.165) is 4.96 Å². The Bertz CT molecular complexity index is 976. The van der Waals surface area contributed by atoms with E-state index in [9.17, 15) is 13.2 Å². The summed E-state index contributed by atoms with van der Waals surface area (Å²) in [5.74, 6) is -0.100. The van der Waals surface area contributed by atoms with Crippen LogP contribution in [0.25, 0.3) is 4.96 Å². The molecule has 4 rings (SSSR count). The van der Waals surface area contributed by atoms with Gasteiger partial charge < -0.3 is 4.90 Å². The van der Waals surface area contributed by atoms with Gasteiger partial charge in [0.2, 0.25) is 15.9 Å². The maximum atomic E-state index is 12.3. The molecule has 0 bridgehead atoms. The lowest BCUT2D eigenvalue weighted by atomic mass is 10.2. The van der Waals surface area contributed by atoms with E-state index < -0.39 is 15.3 Å². The number of anilines is 1. The van der Waals surface area contributed by atoms with E-state index in [4.69, 9.17) is 0 Å². The summed E-state index contributed by atoms with van der Waals surface area (Å²) in [5.41, 5.74) is 1.23. The highest BCUT2D eigenvalue weighted by atomic mass is 32.2. The number of hydrogen-bond donors (Lipinski definition) is 1. The highest BCUT2D eigenvalue weighted by molar-refractivity contribution is 7.93. The molecular formula is C16H16N4O3S2. The molecule has 1 aromatic carbocycles. The molecule has 2 aromatic heterocycles. The van der Waals surface area contributed by atoms with Gasteiger partial charge >= 0.3 is 0 Å². The Morgan fingerprint density at radius 1 is 1.28 bits per heavy atom. The molecule has 3 aromatic rings. The fraction of sp³-hybridized carbons (Fsp3) is 0.250. The van der Waals surface area contributed by atoms with E-state index in [-0.39, 0.29) is 25.4 Å². The van der Waals surface area contributed by atoms with Crippen LogP contribution in [0.1, 0.15) is 5.69 Å². The molecule has 7 nitrogen and oxygen atoms in total. The standard InChI is InChI=1S/C16H16N4O3S2/c21-15(8-13-9-19-6-7-24-16(19)17-13)20-10-14(11-20)25(22,23)18-12-4-2-1-3-5-12/h1-7,9,14,18H,8,10-11H2. The number of para-hydroxylation sites is 1. The van der Waals surface area contributed by atoms with E-state index in [2.05, 4.69) is 9.71 Å². The van der Waals surface area contributed by atoms with Gasteiger partial charge in [0.05, 0.1) is 12.1 Å². The van der Waals surface area contributed by atoms with Crippen LogP contribution in [0.15, 0.2) is 48.1 Å². The monoisotopic (exact) mass is 376 g/mol. The zero-order chi connectivity index (χ0) is 17.4. The summed E-state index contributed by atoms with van der Waals surface area (Å²) in [6.45, 7) is 0.423. The van der Waals surface area contributed by atoms with Crippen LogP contribution in [0.5, 0.6) is 0 Å². The highest BCUT2D eigenvalue weighted by Gasteiger charge is 2.39. The molecule has 0 radical (unpaired) electrons. The van der Waals surface area contributed by atoms with Crippen LogP contribution in [-0.2, 0) is 21.2 Å². The number of hydrogen-bond acceptors (Lipinski definition) is 5. The highest BCUT2D eigenvalue weighted by Crippen LogP contribution is 2.21. The topological polar surface area (TPSA) is 83.8 Å². The van der Waals surface area contributed by atoms with Crippen molar-refractivity contribution in [1.82, 2.24) is 14.3 Å². The third-order valence-corrected chi connectivity index (χ3v) is 6.62. The number of sulfonamides is 1. The van der Waals surface area contributed by atoms with Gasteiger partial charge in [-0.3, -0.25) is 13.9 Å². The zero-order valence-electron chi connectivity index (χ0n) is 13.2. The Morgan fingerprint density at radius 2 is 2.04 bits per heavy atom.